The van der Waals surface area contributed by atoms with Crippen molar-refractivity contribution >= 4 is 21.9 Å². The maximum atomic E-state index is 11.7. The van der Waals surface area contributed by atoms with Crippen LogP contribution in [0.25, 0.3) is 0 Å². The largest absolute Gasteiger partial charge is 0.384 e. The minimum Gasteiger partial charge on any atom is -0.384 e. The van der Waals surface area contributed by atoms with Crippen molar-refractivity contribution in [1.82, 2.24) is 15.0 Å². The van der Waals surface area contributed by atoms with E-state index < -0.39 is 16.1 Å². The minimum atomic E-state index is -3.90. The molecule has 0 fully saturated rings. The molecule has 4 N–H and O–H groups in total. The van der Waals surface area contributed by atoms with Crippen molar-refractivity contribution in [2.24, 2.45) is 0 Å². The molecule has 0 saturated carbocycles. The number of nitrogens with zero attached hydrogens (tertiary/aromatic N) is 1. The van der Waals surface area contributed by atoms with Gasteiger partial charge in [-0.25, -0.2) is 22.9 Å². The summed E-state index contributed by atoms with van der Waals surface area (Å²) in [5.74, 6) is 0.204. The Bertz CT molecular complexity index is 495. The average Bonchev–Trinajstić information content (AvgIpc) is 2.15. The number of hydrogen-bond acceptors (Lipinski definition) is 5. The lowest BCUT2D eigenvalue weighted by Gasteiger charge is -2.10. The van der Waals surface area contributed by atoms with Crippen LogP contribution >= 0.6 is 0 Å². The summed E-state index contributed by atoms with van der Waals surface area (Å²) in [5, 5.41) is 2.41. The number of nitrogens with one attached hydrogen (secondary N) is 2. The smallest absolute Gasteiger partial charge is 0.328 e. The third-order valence-corrected chi connectivity index (χ3v) is 3.03. The van der Waals surface area contributed by atoms with Crippen molar-refractivity contribution in [3.05, 3.63) is 18.3 Å². The number of nitrogens with two attached hydrogens (primary N) is 1. The van der Waals surface area contributed by atoms with Gasteiger partial charge < -0.3 is 11.1 Å². The number of carbonyl (C=O) groups is 1. The van der Waals surface area contributed by atoms with Crippen molar-refractivity contribution in [3.8, 4) is 0 Å². The van der Waals surface area contributed by atoms with Crippen LogP contribution in [0, 0.1) is 0 Å². The second kappa shape index (κ2) is 5.00. The molecule has 17 heavy (non-hydrogen) atoms. The lowest BCUT2D eigenvalue weighted by Crippen LogP contribution is -2.42. The molecule has 0 aromatic carbocycles. The predicted octanol–water partition coefficient (Wildman–Crippen LogP) is 0.0601. The van der Waals surface area contributed by atoms with Crippen LogP contribution in [0.3, 0.4) is 0 Å². The normalized spacial score (nSPS) is 11.2. The zero-order valence-electron chi connectivity index (χ0n) is 9.47. The van der Waals surface area contributed by atoms with Crippen LogP contribution in [-0.2, 0) is 10.0 Å². The van der Waals surface area contributed by atoms with Crippen LogP contribution in [0.5, 0.6) is 0 Å². The second-order valence-electron chi connectivity index (χ2n) is 3.65. The van der Waals surface area contributed by atoms with E-state index in [0.717, 1.165) is 6.20 Å². The average molecular weight is 258 g/mol. The molecule has 0 radical (unpaired) electrons. The van der Waals surface area contributed by atoms with Crippen molar-refractivity contribution < 1.29 is 13.2 Å². The molecule has 0 bridgehead atoms. The van der Waals surface area contributed by atoms with Gasteiger partial charge >= 0.3 is 6.03 Å². The van der Waals surface area contributed by atoms with Gasteiger partial charge in [-0.3, -0.25) is 0 Å². The quantitative estimate of drug-likeness (QED) is 0.709. The molecule has 0 aliphatic rings. The van der Waals surface area contributed by atoms with Gasteiger partial charge in [0.25, 0.3) is 10.0 Å². The fraction of sp³-hybridized carbons (Fsp3) is 0.333. The highest BCUT2D eigenvalue weighted by Gasteiger charge is 2.17. The topological polar surface area (TPSA) is 114 Å². The summed E-state index contributed by atoms with van der Waals surface area (Å²) in [6.07, 6.45) is 1.08. The van der Waals surface area contributed by atoms with Crippen LogP contribution in [0.1, 0.15) is 13.8 Å². The van der Waals surface area contributed by atoms with E-state index in [2.05, 4.69) is 10.3 Å². The number of anilines is 1. The maximum Gasteiger partial charge on any atom is 0.328 e. The van der Waals surface area contributed by atoms with Crippen molar-refractivity contribution in [3.63, 3.8) is 0 Å². The first kappa shape index (κ1) is 13.2. The Kier molecular flexibility index (Phi) is 3.89. The standard InChI is InChI=1S/C9H14N4O3S/c1-6(2)12-9(14)13-17(15,16)7-3-4-8(10)11-5-7/h3-6H,1-2H3,(H2,10,11)(H2,12,13,14). The minimum absolute atomic E-state index is 0.120. The lowest BCUT2D eigenvalue weighted by molar-refractivity contribution is 0.243. The number of rotatable bonds is 3. The van der Waals surface area contributed by atoms with Gasteiger partial charge in [0, 0.05) is 12.2 Å². The molecule has 0 saturated heterocycles. The molecular weight excluding hydrogens is 244 g/mol. The monoisotopic (exact) mass is 258 g/mol. The van der Waals surface area contributed by atoms with Crippen molar-refractivity contribution in [2.45, 2.75) is 24.8 Å². The molecule has 0 aliphatic heterocycles. The third-order valence-electron chi connectivity index (χ3n) is 1.72. The van der Waals surface area contributed by atoms with Gasteiger partial charge in [-0.15, -0.1) is 0 Å². The Hall–Kier alpha value is -1.83. The zero-order chi connectivity index (χ0) is 13.1. The first-order valence-corrected chi connectivity index (χ1v) is 6.34. The molecule has 0 unspecified atom stereocenters. The number of urea groups is 1. The van der Waals surface area contributed by atoms with Gasteiger partial charge in [0.05, 0.1) is 0 Å². The molecule has 0 spiro atoms. The lowest BCUT2D eigenvalue weighted by atomic mass is 10.4. The highest BCUT2D eigenvalue weighted by atomic mass is 32.2. The molecule has 1 heterocycles. The molecule has 8 heteroatoms. The Morgan fingerprint density at radius 3 is 2.53 bits per heavy atom. The number of pyridine rings is 1. The molecule has 94 valence electrons. The molecule has 1 rings (SSSR count). The van der Waals surface area contributed by atoms with E-state index in [1.54, 1.807) is 13.8 Å². The van der Waals surface area contributed by atoms with Gasteiger partial charge in [0.2, 0.25) is 0 Å². The number of hydrogen-bond donors (Lipinski definition) is 3. The molecule has 0 aliphatic carbocycles. The van der Waals surface area contributed by atoms with E-state index in [9.17, 15) is 13.2 Å². The van der Waals surface area contributed by atoms with Crippen LogP contribution in [0.4, 0.5) is 10.6 Å². The molecule has 0 atom stereocenters. The fourth-order valence-corrected chi connectivity index (χ4v) is 1.88. The summed E-state index contributed by atoms with van der Waals surface area (Å²) in [7, 11) is -3.90. The van der Waals surface area contributed by atoms with Crippen molar-refractivity contribution in [2.75, 3.05) is 5.73 Å². The molecule has 1 aromatic rings. The molecular formula is C9H14N4O3S. The number of sulfonamides is 1. The van der Waals surface area contributed by atoms with Gasteiger partial charge in [-0.05, 0) is 26.0 Å². The zero-order valence-corrected chi connectivity index (χ0v) is 10.3. The first-order valence-electron chi connectivity index (χ1n) is 4.86. The van der Waals surface area contributed by atoms with E-state index in [0.29, 0.717) is 0 Å². The molecule has 1 aromatic heterocycles. The summed E-state index contributed by atoms with van der Waals surface area (Å²) in [6, 6.07) is 1.67. The summed E-state index contributed by atoms with van der Waals surface area (Å²) < 4.78 is 25.2. The molecule has 2 amide bonds. The molecule has 7 nitrogen and oxygen atoms in total. The fourth-order valence-electron chi connectivity index (χ4n) is 1.02. The van der Waals surface area contributed by atoms with Gasteiger partial charge in [0.15, 0.2) is 0 Å². The highest BCUT2D eigenvalue weighted by Crippen LogP contribution is 2.08. The Morgan fingerprint density at radius 2 is 2.06 bits per heavy atom. The van der Waals surface area contributed by atoms with E-state index in [1.807, 2.05) is 4.72 Å². The van der Waals surface area contributed by atoms with Crippen molar-refractivity contribution in [1.29, 1.82) is 0 Å². The van der Waals surface area contributed by atoms with Crippen LogP contribution < -0.4 is 15.8 Å². The second-order valence-corrected chi connectivity index (χ2v) is 5.33. The highest BCUT2D eigenvalue weighted by molar-refractivity contribution is 7.90. The third kappa shape index (κ3) is 3.91. The van der Waals surface area contributed by atoms with Gasteiger partial charge in [0.1, 0.15) is 10.7 Å². The Balaban J connectivity index is 2.82. The van der Waals surface area contributed by atoms with Gasteiger partial charge in [-0.2, -0.15) is 0 Å². The Morgan fingerprint density at radius 1 is 1.41 bits per heavy atom. The van der Waals surface area contributed by atoms with Crippen LogP contribution in [-0.4, -0.2) is 25.5 Å². The van der Waals surface area contributed by atoms with E-state index in [1.165, 1.54) is 12.1 Å². The number of nitrogen functional groups attached to an aromatic ring is 1. The first-order chi connectivity index (χ1) is 7.81. The van der Waals surface area contributed by atoms with Gasteiger partial charge in [-0.1, -0.05) is 0 Å². The number of amides is 2. The predicted molar refractivity (Wildman–Crippen MR) is 62.6 cm³/mol. The number of carbonyl (C=O) groups excluding carboxylic acids is 1. The van der Waals surface area contributed by atoms with Crippen LogP contribution in [0.15, 0.2) is 23.2 Å². The Labute approximate surface area is 99.5 Å². The van der Waals surface area contributed by atoms with Crippen LogP contribution in [0.2, 0.25) is 0 Å². The van der Waals surface area contributed by atoms with E-state index in [4.69, 9.17) is 5.73 Å². The summed E-state index contributed by atoms with van der Waals surface area (Å²) in [4.78, 5) is 14.8. The van der Waals surface area contributed by atoms with E-state index >= 15 is 0 Å². The summed E-state index contributed by atoms with van der Waals surface area (Å²) in [6.45, 7) is 3.44. The van der Waals surface area contributed by atoms with E-state index in [-0.39, 0.29) is 16.8 Å². The maximum absolute atomic E-state index is 11.7. The SMILES string of the molecule is CC(C)NC(=O)NS(=O)(=O)c1ccc(N)nc1. The number of aromatic nitrogens is 1. The summed E-state index contributed by atoms with van der Waals surface area (Å²) >= 11 is 0. The summed E-state index contributed by atoms with van der Waals surface area (Å²) in [5.41, 5.74) is 5.33.